The van der Waals surface area contributed by atoms with E-state index in [1.54, 1.807) is 59.6 Å². The molecular weight excluding hydrogens is 666 g/mol. The third-order valence-corrected chi connectivity index (χ3v) is 11.2. The van der Waals surface area contributed by atoms with Crippen molar-refractivity contribution in [2.24, 2.45) is 5.41 Å². The summed E-state index contributed by atoms with van der Waals surface area (Å²) in [5.41, 5.74) is 4.96. The monoisotopic (exact) mass is 701 g/mol. The number of hydrogen-bond donors (Lipinski definition) is 2. The van der Waals surface area contributed by atoms with Crippen molar-refractivity contribution < 1.29 is 23.5 Å². The molecule has 8 rings (SSSR count). The maximum absolute atomic E-state index is 15.9. The Kier molecular flexibility index (Phi) is 8.61. The van der Waals surface area contributed by atoms with Gasteiger partial charge in [-0.1, -0.05) is 36.4 Å². The molecule has 2 N–H and O–H groups in total. The lowest BCUT2D eigenvalue weighted by molar-refractivity contribution is -0.000511. The van der Waals surface area contributed by atoms with E-state index >= 15 is 4.39 Å². The van der Waals surface area contributed by atoms with Gasteiger partial charge in [0, 0.05) is 77.4 Å². The van der Waals surface area contributed by atoms with Crippen LogP contribution < -0.4 is 20.4 Å². The zero-order chi connectivity index (χ0) is 35.1. The van der Waals surface area contributed by atoms with Gasteiger partial charge in [0.1, 0.15) is 10.7 Å². The number of rotatable bonds is 6. The molecule has 3 aliphatic heterocycles. The van der Waals surface area contributed by atoms with Gasteiger partial charge in [-0.2, -0.15) is 0 Å². The second-order valence-electron chi connectivity index (χ2n) is 13.5. The predicted molar refractivity (Wildman–Crippen MR) is 198 cm³/mol. The second-order valence-corrected chi connectivity index (χ2v) is 14.5. The molecular formula is C40H36FN5O4S. The van der Waals surface area contributed by atoms with Gasteiger partial charge in [-0.3, -0.25) is 14.4 Å². The Balaban J connectivity index is 0.987. The Bertz CT molecular complexity index is 2140. The van der Waals surface area contributed by atoms with E-state index in [0.717, 1.165) is 56.0 Å². The highest BCUT2D eigenvalue weighted by Crippen LogP contribution is 2.44. The number of benzene rings is 3. The first kappa shape index (κ1) is 32.8. The summed E-state index contributed by atoms with van der Waals surface area (Å²) in [6.45, 7) is 5.40. The molecule has 0 radical (unpaired) electrons. The molecule has 2 fully saturated rings. The number of ether oxygens (including phenoxy) is 1. The largest absolute Gasteiger partial charge is 0.381 e. The predicted octanol–water partition coefficient (Wildman–Crippen LogP) is 7.58. The highest BCUT2D eigenvalue weighted by atomic mass is 32.1. The maximum Gasteiger partial charge on any atom is 0.268 e. The highest BCUT2D eigenvalue weighted by molar-refractivity contribution is 7.17. The summed E-state index contributed by atoms with van der Waals surface area (Å²) in [7, 11) is 0. The number of nitrogens with zero attached hydrogens (tertiary/aromatic N) is 3. The van der Waals surface area contributed by atoms with Gasteiger partial charge in [0.15, 0.2) is 5.82 Å². The molecule has 5 aromatic rings. The maximum atomic E-state index is 15.9. The van der Waals surface area contributed by atoms with Gasteiger partial charge in [-0.05, 0) is 80.3 Å². The van der Waals surface area contributed by atoms with Gasteiger partial charge in [-0.15, -0.1) is 11.3 Å². The molecule has 51 heavy (non-hydrogen) atoms. The zero-order valence-electron chi connectivity index (χ0n) is 28.1. The highest BCUT2D eigenvalue weighted by Gasteiger charge is 2.45. The number of thiophene rings is 1. The summed E-state index contributed by atoms with van der Waals surface area (Å²) in [6.07, 6.45) is 4.07. The third kappa shape index (κ3) is 6.28. The molecule has 0 atom stereocenters. The normalized spacial score (nSPS) is 16.0. The van der Waals surface area contributed by atoms with E-state index < -0.39 is 11.7 Å². The summed E-state index contributed by atoms with van der Waals surface area (Å²) < 4.78 is 21.4. The van der Waals surface area contributed by atoms with E-state index in [0.29, 0.717) is 50.0 Å². The third-order valence-electron chi connectivity index (χ3n) is 9.99. The van der Waals surface area contributed by atoms with Gasteiger partial charge in [0.25, 0.3) is 17.7 Å². The topological polar surface area (TPSA) is 104 Å². The molecule has 3 amide bonds. The fraction of sp³-hybridized carbons (Fsp3) is 0.250. The first-order valence-corrected chi connectivity index (χ1v) is 17.9. The van der Waals surface area contributed by atoms with Crippen molar-refractivity contribution in [2.45, 2.75) is 26.2 Å². The molecule has 0 unspecified atom stereocenters. The van der Waals surface area contributed by atoms with Gasteiger partial charge in [0.05, 0.1) is 11.3 Å². The number of hydrogen-bond acceptors (Lipinski definition) is 7. The summed E-state index contributed by atoms with van der Waals surface area (Å²) in [5.74, 6) is -0.900. The number of pyridine rings is 1. The van der Waals surface area contributed by atoms with Crippen molar-refractivity contribution in [2.75, 3.05) is 53.3 Å². The number of fused-ring (bicyclic) bond motifs is 3. The Morgan fingerprint density at radius 3 is 2.33 bits per heavy atom. The lowest BCUT2D eigenvalue weighted by Crippen LogP contribution is -2.59. The lowest BCUT2D eigenvalue weighted by atomic mass is 9.73. The number of halogens is 1. The molecule has 5 heterocycles. The fourth-order valence-corrected chi connectivity index (χ4v) is 8.42. The number of carbonyl (C=O) groups excluding carboxylic acids is 3. The van der Waals surface area contributed by atoms with E-state index in [1.807, 2.05) is 43.3 Å². The van der Waals surface area contributed by atoms with E-state index in [-0.39, 0.29) is 35.1 Å². The van der Waals surface area contributed by atoms with Crippen molar-refractivity contribution in [3.63, 3.8) is 0 Å². The van der Waals surface area contributed by atoms with E-state index in [9.17, 15) is 14.4 Å². The van der Waals surface area contributed by atoms with Crippen LogP contribution >= 0.6 is 11.3 Å². The first-order valence-electron chi connectivity index (χ1n) is 17.1. The SMILES string of the molecule is Cc1cnc(N2CC3(CCOCC3)C2)c(C(=O)Nc2ccc(C(=O)N3CCc4c(sc(C(=O)Nc5ccccc5)c4F)-c4ccccc43)cc2)c1. The number of anilines is 4. The van der Waals surface area contributed by atoms with E-state index in [4.69, 9.17) is 4.74 Å². The van der Waals surface area contributed by atoms with Gasteiger partial charge < -0.3 is 25.2 Å². The Labute approximate surface area is 299 Å². The van der Waals surface area contributed by atoms with E-state index in [1.165, 1.54) is 0 Å². The molecule has 2 saturated heterocycles. The zero-order valence-corrected chi connectivity index (χ0v) is 28.9. The standard InChI is InChI=1S/C40H36FN5O4S/c1-25-21-31(36(42-22-25)45-23-40(24-45)16-19-50-20-17-40)37(47)43-28-13-11-26(12-14-28)39(49)46-18-15-30-33(41)35(38(48)44-27-7-3-2-4-8-27)51-34(30)29-9-5-6-10-32(29)46/h2-14,21-22H,15-20,23-24H2,1H3,(H,43,47)(H,44,48). The number of aryl methyl sites for hydroxylation is 1. The summed E-state index contributed by atoms with van der Waals surface area (Å²) in [4.78, 5) is 49.8. The minimum atomic E-state index is -0.559. The number of para-hydroxylation sites is 2. The van der Waals surface area contributed by atoms with Crippen LogP contribution in [0.1, 0.15) is 54.4 Å². The summed E-state index contributed by atoms with van der Waals surface area (Å²) >= 11 is 1.10. The number of aromatic nitrogens is 1. The van der Waals surface area contributed by atoms with Crippen LogP contribution in [0.5, 0.6) is 0 Å². The van der Waals surface area contributed by atoms with Crippen LogP contribution in [0.3, 0.4) is 0 Å². The molecule has 3 aromatic carbocycles. The van der Waals surface area contributed by atoms with Gasteiger partial charge in [-0.25, -0.2) is 9.37 Å². The minimum Gasteiger partial charge on any atom is -0.381 e. The van der Waals surface area contributed by atoms with Crippen LogP contribution in [0.25, 0.3) is 10.4 Å². The quantitative estimate of drug-likeness (QED) is 0.189. The Morgan fingerprint density at radius 2 is 1.57 bits per heavy atom. The van der Waals surface area contributed by atoms with Crippen LogP contribution in [-0.2, 0) is 11.2 Å². The molecule has 0 aliphatic carbocycles. The molecule has 1 spiro atoms. The van der Waals surface area contributed by atoms with Crippen molar-refractivity contribution in [1.82, 2.24) is 4.98 Å². The average Bonchev–Trinajstić information content (AvgIpc) is 3.37. The average molecular weight is 702 g/mol. The van der Waals surface area contributed by atoms with Gasteiger partial charge in [0.2, 0.25) is 0 Å². The van der Waals surface area contributed by atoms with Crippen LogP contribution in [0.4, 0.5) is 27.3 Å². The smallest absolute Gasteiger partial charge is 0.268 e. The Morgan fingerprint density at radius 1 is 0.882 bits per heavy atom. The van der Waals surface area contributed by atoms with Crippen molar-refractivity contribution in [3.05, 3.63) is 124 Å². The second kappa shape index (κ2) is 13.4. The van der Waals surface area contributed by atoms with Crippen molar-refractivity contribution >= 4 is 51.9 Å². The van der Waals surface area contributed by atoms with Crippen LogP contribution in [0.2, 0.25) is 0 Å². The molecule has 2 aromatic heterocycles. The summed E-state index contributed by atoms with van der Waals surface area (Å²) in [5, 5.41) is 5.77. The van der Waals surface area contributed by atoms with E-state index in [2.05, 4.69) is 20.5 Å². The van der Waals surface area contributed by atoms with Crippen LogP contribution in [0.15, 0.2) is 91.1 Å². The molecule has 11 heteroatoms. The molecule has 9 nitrogen and oxygen atoms in total. The van der Waals surface area contributed by atoms with Crippen molar-refractivity contribution in [3.8, 4) is 10.4 Å². The first-order chi connectivity index (χ1) is 24.8. The van der Waals surface area contributed by atoms with Crippen LogP contribution in [-0.4, -0.2) is 55.6 Å². The molecule has 258 valence electrons. The van der Waals surface area contributed by atoms with Crippen molar-refractivity contribution in [1.29, 1.82) is 0 Å². The van der Waals surface area contributed by atoms with Crippen LogP contribution in [0, 0.1) is 18.2 Å². The number of nitrogens with one attached hydrogen (secondary N) is 2. The number of carbonyl (C=O) groups is 3. The number of amides is 3. The Hall–Kier alpha value is -5.39. The molecule has 3 aliphatic rings. The molecule has 0 saturated carbocycles. The summed E-state index contributed by atoms with van der Waals surface area (Å²) in [6, 6.07) is 25.0. The lowest BCUT2D eigenvalue weighted by Gasteiger charge is -2.53. The minimum absolute atomic E-state index is 0.0118. The fourth-order valence-electron chi connectivity index (χ4n) is 7.26. The van der Waals surface area contributed by atoms with Gasteiger partial charge >= 0.3 is 0 Å². The molecule has 0 bridgehead atoms.